The van der Waals surface area contributed by atoms with Crippen LogP contribution in [0.15, 0.2) is 83.3 Å². The summed E-state index contributed by atoms with van der Waals surface area (Å²) >= 11 is 0. The van der Waals surface area contributed by atoms with Gasteiger partial charge in [0, 0.05) is 20.4 Å². The van der Waals surface area contributed by atoms with Gasteiger partial charge in [-0.25, -0.2) is 9.98 Å². The average Bonchev–Trinajstić information content (AvgIpc) is 3.44. The van der Waals surface area contributed by atoms with Crippen molar-refractivity contribution in [1.29, 1.82) is 0 Å². The zero-order chi connectivity index (χ0) is 27.8. The van der Waals surface area contributed by atoms with Crippen LogP contribution in [0.3, 0.4) is 0 Å². The maximum absolute atomic E-state index is 10.7. The fourth-order valence-corrected chi connectivity index (χ4v) is 3.59. The first-order valence-electron chi connectivity index (χ1n) is 11.4. The van der Waals surface area contributed by atoms with Gasteiger partial charge < -0.3 is 9.47 Å². The number of nitrogens with zero attached hydrogens (tertiary/aromatic N) is 2. The van der Waals surface area contributed by atoms with Crippen LogP contribution in [0.4, 0.5) is 25.2 Å². The van der Waals surface area contributed by atoms with Crippen molar-refractivity contribution in [3.05, 3.63) is 91.4 Å². The first kappa shape index (κ1) is 33.8. The number of ether oxygens (including phenoxy) is 2. The largest absolute Gasteiger partial charge is 0.103 e. The molecule has 4 rings (SSSR count). The molecule has 0 saturated carbocycles. The van der Waals surface area contributed by atoms with Gasteiger partial charge in [0.1, 0.15) is 18.6 Å². The normalized spacial score (nSPS) is 20.2. The van der Waals surface area contributed by atoms with E-state index in [1.54, 1.807) is 0 Å². The van der Waals surface area contributed by atoms with E-state index in [0.29, 0.717) is 13.2 Å². The minimum atomic E-state index is -10.7. The van der Waals surface area contributed by atoms with Crippen LogP contribution in [0.2, 0.25) is 0 Å². The molecule has 38 heavy (non-hydrogen) atoms. The van der Waals surface area contributed by atoms with Crippen LogP contribution in [0.5, 0.6) is 0 Å². The molecule has 4 nitrogen and oxygen atoms in total. The van der Waals surface area contributed by atoms with E-state index in [-0.39, 0.29) is 32.5 Å². The molecule has 0 fully saturated rings. The van der Waals surface area contributed by atoms with Gasteiger partial charge in [-0.15, -0.1) is 6.58 Å². The number of allylic oxidation sites excluding steroid dienone is 1. The van der Waals surface area contributed by atoms with E-state index in [2.05, 4.69) is 75.9 Å². The molecule has 0 N–H and O–H groups in total. The van der Waals surface area contributed by atoms with Gasteiger partial charge in [-0.1, -0.05) is 66.7 Å². The fourth-order valence-electron chi connectivity index (χ4n) is 3.59. The molecule has 2 heterocycles. The van der Waals surface area contributed by atoms with E-state index < -0.39 is 13.2 Å². The number of halogens is 6. The summed E-state index contributed by atoms with van der Waals surface area (Å²) in [5.74, 6) is 1.48. The molecule has 0 spiro atoms. The van der Waals surface area contributed by atoms with Crippen molar-refractivity contribution in [2.45, 2.75) is 38.8 Å². The topological polar surface area (TPSA) is 43.2 Å². The predicted molar refractivity (Wildman–Crippen MR) is 138 cm³/mol. The Bertz CT molecular complexity index is 1010. The van der Waals surface area contributed by atoms with E-state index >= 15 is 0 Å². The molecule has 12 heteroatoms. The van der Waals surface area contributed by atoms with Gasteiger partial charge in [-0.05, 0) is 44.7 Å². The minimum Gasteiger partial charge on any atom is -0.103 e. The monoisotopic (exact) mass is 654 g/mol. The standard InChI is InChI=1S/C23H26N2O2.C3H5.F6P.Pd/c1-23(2,21-24-19(15-26-21)13-17-9-5-3-6-10-17)22-25-20(16-27-22)14-18-11-7-4-8-12-18;1-3-2;1-7(2,3,4,5)6;/h3-12,19-20H,13-16H2,1-2H3;3H,1-2H2;;/q;;-1;/t19-,20-;;;/m1.../s1. The van der Waals surface area contributed by atoms with Crippen LogP contribution < -0.4 is 0 Å². The molecule has 2 aromatic rings. The van der Waals surface area contributed by atoms with Gasteiger partial charge in [-0.3, -0.25) is 0 Å². The van der Waals surface area contributed by atoms with Crippen molar-refractivity contribution < 1.29 is 55.1 Å². The molecule has 0 unspecified atom stereocenters. The molecular formula is C26H31F6N2O2PPd-. The molecule has 2 aliphatic heterocycles. The smallest absolute Gasteiger partial charge is 0 e. The minimum absolute atomic E-state index is 0. The molecule has 0 aliphatic carbocycles. The maximum atomic E-state index is 9.87. The molecular weight excluding hydrogens is 624 g/mol. The van der Waals surface area contributed by atoms with Crippen LogP contribution in [0, 0.1) is 12.3 Å². The van der Waals surface area contributed by atoms with Crippen molar-refractivity contribution in [2.75, 3.05) is 13.2 Å². The Hall–Kier alpha value is -2.21. The van der Waals surface area contributed by atoms with Crippen molar-refractivity contribution in [3.63, 3.8) is 0 Å². The van der Waals surface area contributed by atoms with E-state index in [1.165, 1.54) is 17.2 Å². The van der Waals surface area contributed by atoms with Crippen molar-refractivity contribution >= 4 is 19.6 Å². The molecule has 0 saturated heterocycles. The van der Waals surface area contributed by atoms with E-state index in [9.17, 15) is 25.2 Å². The number of benzene rings is 2. The number of hydrogen-bond donors (Lipinski definition) is 0. The number of rotatable bonds is 6. The molecule has 1 radical (unpaired) electrons. The molecule has 2 aromatic carbocycles. The van der Waals surface area contributed by atoms with Crippen molar-refractivity contribution in [2.24, 2.45) is 15.4 Å². The Balaban J connectivity index is 0.000000566. The first-order chi connectivity index (χ1) is 17.0. The Labute approximate surface area is 233 Å². The zero-order valence-electron chi connectivity index (χ0n) is 21.0. The third-order valence-electron chi connectivity index (χ3n) is 5.12. The van der Waals surface area contributed by atoms with Crippen LogP contribution in [0.1, 0.15) is 25.0 Å². The second kappa shape index (κ2) is 12.8. The van der Waals surface area contributed by atoms with Crippen molar-refractivity contribution in [3.8, 4) is 0 Å². The number of hydrogen-bond acceptors (Lipinski definition) is 4. The van der Waals surface area contributed by atoms with Gasteiger partial charge >= 0.3 is 33.0 Å². The summed E-state index contributed by atoms with van der Waals surface area (Å²) in [7, 11) is -10.7. The molecule has 2 aliphatic rings. The Kier molecular flexibility index (Phi) is 11.4. The van der Waals surface area contributed by atoms with E-state index in [1.807, 2.05) is 12.1 Å². The summed E-state index contributed by atoms with van der Waals surface area (Å²) in [5, 5.41) is 0. The van der Waals surface area contributed by atoms with Gasteiger partial charge in [0.05, 0.1) is 12.1 Å². The Morgan fingerprint density at radius 3 is 1.37 bits per heavy atom. The van der Waals surface area contributed by atoms with Gasteiger partial charge in [0.15, 0.2) is 11.8 Å². The van der Waals surface area contributed by atoms with Gasteiger partial charge in [0.2, 0.25) is 0 Å². The van der Waals surface area contributed by atoms with Crippen LogP contribution >= 0.6 is 7.81 Å². The average molecular weight is 655 g/mol. The molecule has 215 valence electrons. The van der Waals surface area contributed by atoms with Gasteiger partial charge in [-0.2, -0.15) is 0 Å². The summed E-state index contributed by atoms with van der Waals surface area (Å²) in [4.78, 5) is 9.68. The third-order valence-corrected chi connectivity index (χ3v) is 5.12. The molecule has 0 aromatic heterocycles. The Morgan fingerprint density at radius 1 is 0.789 bits per heavy atom. The quantitative estimate of drug-likeness (QED) is 0.178. The summed E-state index contributed by atoms with van der Waals surface area (Å²) in [6, 6.07) is 21.2. The summed E-state index contributed by atoms with van der Waals surface area (Å²) in [6.07, 6.45) is 3.29. The SMILES string of the molecule is CC(C)(C1=N[C@H](Cc2ccccc2)CO1)C1=N[C@H](Cc2ccccc2)CO1.F[P-](F)(F)(F)(F)F.[CH2]C=C.[Pd]. The third kappa shape index (κ3) is 13.5. The van der Waals surface area contributed by atoms with Crippen LogP contribution in [-0.4, -0.2) is 37.1 Å². The molecule has 0 bridgehead atoms. The Morgan fingerprint density at radius 2 is 1.08 bits per heavy atom. The molecule has 0 amide bonds. The zero-order valence-corrected chi connectivity index (χ0v) is 23.4. The van der Waals surface area contributed by atoms with E-state index in [0.717, 1.165) is 24.6 Å². The summed E-state index contributed by atoms with van der Waals surface area (Å²) < 4.78 is 71.1. The maximum Gasteiger partial charge on any atom is 0 e. The first-order valence-corrected chi connectivity index (χ1v) is 13.5. The van der Waals surface area contributed by atoms with Crippen LogP contribution in [-0.2, 0) is 42.7 Å². The van der Waals surface area contributed by atoms with E-state index in [4.69, 9.17) is 19.5 Å². The predicted octanol–water partition coefficient (Wildman–Crippen LogP) is 8.48. The summed E-state index contributed by atoms with van der Waals surface area (Å²) in [6.45, 7) is 11.9. The van der Waals surface area contributed by atoms with Gasteiger partial charge in [0.25, 0.3) is 0 Å². The fraction of sp³-hybridized carbons (Fsp3) is 0.346. The second-order valence-corrected chi connectivity index (χ2v) is 11.0. The summed E-state index contributed by atoms with van der Waals surface area (Å²) in [5.41, 5.74) is 2.13. The number of aliphatic imine (C=N–C) groups is 2. The second-order valence-electron chi connectivity index (χ2n) is 9.05. The molecule has 2 atom stereocenters. The van der Waals surface area contributed by atoms with Crippen molar-refractivity contribution in [1.82, 2.24) is 0 Å². The van der Waals surface area contributed by atoms with Crippen LogP contribution in [0.25, 0.3) is 0 Å².